The van der Waals surface area contributed by atoms with Crippen molar-refractivity contribution < 1.29 is 13.5 Å². The Hall–Kier alpha value is -0.630. The van der Waals surface area contributed by atoms with Gasteiger partial charge in [0, 0.05) is 17.6 Å². The molecule has 0 amide bonds. The first-order chi connectivity index (χ1) is 8.10. The highest BCUT2D eigenvalue weighted by Crippen LogP contribution is 2.22. The second kappa shape index (κ2) is 5.56. The quantitative estimate of drug-likeness (QED) is 0.765. The summed E-state index contributed by atoms with van der Waals surface area (Å²) in [7, 11) is -3.56. The summed E-state index contributed by atoms with van der Waals surface area (Å²) in [5, 5.41) is 11.3. The molecule has 0 saturated carbocycles. The summed E-state index contributed by atoms with van der Waals surface area (Å²) in [6.45, 7) is 5.98. The smallest absolute Gasteiger partial charge is 0.250 e. The van der Waals surface area contributed by atoms with Crippen LogP contribution >= 0.6 is 11.3 Å². The van der Waals surface area contributed by atoms with E-state index < -0.39 is 16.1 Å². The SMILES string of the molecule is CC(C)(C)CC(O)CNS(=O)(=O)c1cc(N)cs1. The first-order valence-electron chi connectivity index (χ1n) is 5.62. The summed E-state index contributed by atoms with van der Waals surface area (Å²) in [6, 6.07) is 1.41. The number of nitrogens with one attached hydrogen (secondary N) is 1. The number of hydrogen-bond acceptors (Lipinski definition) is 5. The third kappa shape index (κ3) is 4.93. The molecule has 0 fully saturated rings. The van der Waals surface area contributed by atoms with Gasteiger partial charge in [0.15, 0.2) is 0 Å². The Kier molecular flexibility index (Phi) is 4.77. The Morgan fingerprint density at radius 3 is 2.56 bits per heavy atom. The molecule has 5 nitrogen and oxygen atoms in total. The highest BCUT2D eigenvalue weighted by atomic mass is 32.2. The first-order valence-corrected chi connectivity index (χ1v) is 7.98. The monoisotopic (exact) mass is 292 g/mol. The van der Waals surface area contributed by atoms with E-state index >= 15 is 0 Å². The number of nitrogens with two attached hydrogens (primary N) is 1. The average Bonchev–Trinajstić information content (AvgIpc) is 2.60. The molecule has 0 aliphatic carbocycles. The number of rotatable bonds is 5. The number of nitrogen functional groups attached to an aromatic ring is 1. The van der Waals surface area contributed by atoms with Crippen LogP contribution in [0.5, 0.6) is 0 Å². The van der Waals surface area contributed by atoms with Crippen molar-refractivity contribution in [1.29, 1.82) is 0 Å². The van der Waals surface area contributed by atoms with Crippen LogP contribution in [0.1, 0.15) is 27.2 Å². The van der Waals surface area contributed by atoms with Crippen LogP contribution < -0.4 is 10.5 Å². The topological polar surface area (TPSA) is 92.4 Å². The minimum atomic E-state index is -3.56. The Bertz CT molecular complexity index is 489. The predicted molar refractivity (Wildman–Crippen MR) is 74.0 cm³/mol. The van der Waals surface area contributed by atoms with Crippen LogP contribution in [0.2, 0.25) is 0 Å². The van der Waals surface area contributed by atoms with Gasteiger partial charge in [-0.3, -0.25) is 0 Å². The summed E-state index contributed by atoms with van der Waals surface area (Å²) in [5.41, 5.74) is 5.87. The van der Waals surface area contributed by atoms with E-state index in [1.807, 2.05) is 20.8 Å². The molecule has 7 heteroatoms. The van der Waals surface area contributed by atoms with E-state index in [0.717, 1.165) is 11.3 Å². The molecule has 1 aromatic rings. The number of aliphatic hydroxyl groups excluding tert-OH is 1. The van der Waals surface area contributed by atoms with Gasteiger partial charge in [0.1, 0.15) is 4.21 Å². The first kappa shape index (κ1) is 15.4. The maximum Gasteiger partial charge on any atom is 0.250 e. The molecule has 1 unspecified atom stereocenters. The number of hydrogen-bond donors (Lipinski definition) is 3. The van der Waals surface area contributed by atoms with Gasteiger partial charge in [-0.05, 0) is 17.9 Å². The highest BCUT2D eigenvalue weighted by molar-refractivity contribution is 7.91. The van der Waals surface area contributed by atoms with Crippen molar-refractivity contribution in [3.63, 3.8) is 0 Å². The lowest BCUT2D eigenvalue weighted by molar-refractivity contribution is 0.125. The number of sulfonamides is 1. The van der Waals surface area contributed by atoms with E-state index in [-0.39, 0.29) is 16.2 Å². The zero-order valence-electron chi connectivity index (χ0n) is 10.8. The van der Waals surface area contributed by atoms with Crippen molar-refractivity contribution in [2.24, 2.45) is 5.41 Å². The Morgan fingerprint density at radius 2 is 2.11 bits per heavy atom. The minimum Gasteiger partial charge on any atom is -0.398 e. The van der Waals surface area contributed by atoms with Crippen LogP contribution in [0.4, 0.5) is 5.69 Å². The molecule has 18 heavy (non-hydrogen) atoms. The van der Waals surface area contributed by atoms with Gasteiger partial charge in [-0.1, -0.05) is 20.8 Å². The third-order valence-corrected chi connectivity index (χ3v) is 5.10. The molecule has 1 heterocycles. The fourth-order valence-electron chi connectivity index (χ4n) is 1.53. The maximum atomic E-state index is 11.8. The van der Waals surface area contributed by atoms with Crippen LogP contribution in [0, 0.1) is 5.41 Å². The normalized spacial score (nSPS) is 14.7. The van der Waals surface area contributed by atoms with Crippen molar-refractivity contribution in [2.45, 2.75) is 37.5 Å². The summed E-state index contributed by atoms with van der Waals surface area (Å²) in [6.07, 6.45) is -0.167. The Morgan fingerprint density at radius 1 is 1.50 bits per heavy atom. The molecule has 0 aliphatic heterocycles. The third-order valence-electron chi connectivity index (χ3n) is 2.22. The molecule has 1 atom stereocenters. The fourth-order valence-corrected chi connectivity index (χ4v) is 3.72. The molecule has 4 N–H and O–H groups in total. The van der Waals surface area contributed by atoms with E-state index in [9.17, 15) is 13.5 Å². The second-order valence-corrected chi connectivity index (χ2v) is 8.37. The second-order valence-electron chi connectivity index (χ2n) is 5.47. The predicted octanol–water partition coefficient (Wildman–Crippen LogP) is 1.41. The van der Waals surface area contributed by atoms with E-state index in [2.05, 4.69) is 4.72 Å². The van der Waals surface area contributed by atoms with E-state index in [1.54, 1.807) is 5.38 Å². The van der Waals surface area contributed by atoms with Crippen molar-refractivity contribution in [3.8, 4) is 0 Å². The summed E-state index contributed by atoms with van der Waals surface area (Å²) in [4.78, 5) is 0. The van der Waals surface area contributed by atoms with Gasteiger partial charge < -0.3 is 10.8 Å². The molecular formula is C11H20N2O3S2. The van der Waals surface area contributed by atoms with Crippen molar-refractivity contribution >= 4 is 27.0 Å². The summed E-state index contributed by atoms with van der Waals surface area (Å²) >= 11 is 1.06. The molecule has 1 rings (SSSR count). The fraction of sp³-hybridized carbons (Fsp3) is 0.636. The molecule has 0 aliphatic rings. The number of thiophene rings is 1. The van der Waals surface area contributed by atoms with Crippen LogP contribution in [0.25, 0.3) is 0 Å². The van der Waals surface area contributed by atoms with Crippen LogP contribution in [-0.2, 0) is 10.0 Å². The van der Waals surface area contributed by atoms with Crippen molar-refractivity contribution in [3.05, 3.63) is 11.4 Å². The summed E-state index contributed by atoms with van der Waals surface area (Å²) in [5.74, 6) is 0. The number of anilines is 1. The zero-order chi connectivity index (χ0) is 14.0. The molecule has 104 valence electrons. The van der Waals surface area contributed by atoms with Gasteiger partial charge in [0.05, 0.1) is 6.10 Å². The molecule has 0 radical (unpaired) electrons. The maximum absolute atomic E-state index is 11.8. The lowest BCUT2D eigenvalue weighted by atomic mass is 9.89. The highest BCUT2D eigenvalue weighted by Gasteiger charge is 2.21. The van der Waals surface area contributed by atoms with Crippen LogP contribution in [0.3, 0.4) is 0 Å². The van der Waals surface area contributed by atoms with E-state index in [4.69, 9.17) is 5.73 Å². The van der Waals surface area contributed by atoms with Crippen LogP contribution in [0.15, 0.2) is 15.7 Å². The van der Waals surface area contributed by atoms with Gasteiger partial charge in [-0.25, -0.2) is 13.1 Å². The van der Waals surface area contributed by atoms with Crippen molar-refractivity contribution in [2.75, 3.05) is 12.3 Å². The van der Waals surface area contributed by atoms with E-state index in [0.29, 0.717) is 12.1 Å². The van der Waals surface area contributed by atoms with Gasteiger partial charge in [0.25, 0.3) is 0 Å². The molecular weight excluding hydrogens is 272 g/mol. The molecule has 1 aromatic heterocycles. The van der Waals surface area contributed by atoms with E-state index in [1.165, 1.54) is 6.07 Å². The lowest BCUT2D eigenvalue weighted by Crippen LogP contribution is -2.33. The van der Waals surface area contributed by atoms with Gasteiger partial charge >= 0.3 is 0 Å². The molecule has 0 aromatic carbocycles. The Labute approximate surface area is 112 Å². The number of aliphatic hydroxyl groups is 1. The molecule has 0 bridgehead atoms. The largest absolute Gasteiger partial charge is 0.398 e. The minimum absolute atomic E-state index is 0.0113. The van der Waals surface area contributed by atoms with Gasteiger partial charge in [-0.15, -0.1) is 11.3 Å². The van der Waals surface area contributed by atoms with Crippen molar-refractivity contribution in [1.82, 2.24) is 4.72 Å². The summed E-state index contributed by atoms with van der Waals surface area (Å²) < 4.78 is 26.3. The van der Waals surface area contributed by atoms with Gasteiger partial charge in [0.2, 0.25) is 10.0 Å². The van der Waals surface area contributed by atoms with Crippen LogP contribution in [-0.4, -0.2) is 26.2 Å². The molecule has 0 spiro atoms. The molecule has 0 saturated heterocycles. The van der Waals surface area contributed by atoms with Gasteiger partial charge in [-0.2, -0.15) is 0 Å². The zero-order valence-corrected chi connectivity index (χ0v) is 12.4. The average molecular weight is 292 g/mol. The standard InChI is InChI=1S/C11H20N2O3S2/c1-11(2,3)5-9(14)6-13-18(15,16)10-4-8(12)7-17-10/h4,7,9,13-14H,5-6,12H2,1-3H3. The Balaban J connectivity index is 2.58. The lowest BCUT2D eigenvalue weighted by Gasteiger charge is -2.22.